The van der Waals surface area contributed by atoms with Crippen LogP contribution in [-0.4, -0.2) is 21.9 Å². The first-order chi connectivity index (χ1) is 13.6. The van der Waals surface area contributed by atoms with E-state index in [1.807, 2.05) is 19.1 Å². The molecule has 3 aromatic heterocycles. The molecule has 10 nitrogen and oxygen atoms in total. The molecule has 0 unspecified atom stereocenters. The number of aliphatic imine (C=N–C) groups is 1. The highest BCUT2D eigenvalue weighted by molar-refractivity contribution is 8.00. The number of pyridine rings is 1. The average molecular weight is 395 g/mol. The van der Waals surface area contributed by atoms with Gasteiger partial charge in [0.05, 0.1) is 17.4 Å². The van der Waals surface area contributed by atoms with Crippen molar-refractivity contribution in [2.45, 2.75) is 18.5 Å². The number of anilines is 1. The van der Waals surface area contributed by atoms with Crippen LogP contribution in [0.4, 0.5) is 11.7 Å². The fourth-order valence-corrected chi connectivity index (χ4v) is 3.10. The fraction of sp³-hybridized carbons (Fsp3) is 0.176. The maximum absolute atomic E-state index is 12.1. The lowest BCUT2D eigenvalue weighted by Crippen LogP contribution is -2.32. The zero-order valence-electron chi connectivity index (χ0n) is 14.6. The van der Waals surface area contributed by atoms with Gasteiger partial charge in [-0.25, -0.2) is 9.98 Å². The first-order valence-corrected chi connectivity index (χ1v) is 8.97. The van der Waals surface area contributed by atoms with Crippen molar-refractivity contribution in [3.8, 4) is 23.5 Å². The van der Waals surface area contributed by atoms with Crippen molar-refractivity contribution < 1.29 is 18.7 Å². The molecule has 0 bridgehead atoms. The van der Waals surface area contributed by atoms with Crippen LogP contribution in [-0.2, 0) is 6.54 Å². The minimum Gasteiger partial charge on any atom is -0.861 e. The summed E-state index contributed by atoms with van der Waals surface area (Å²) in [7, 11) is 0. The smallest absolute Gasteiger partial charge is 0.320 e. The number of hydrogen-bond acceptors (Lipinski definition) is 10. The van der Waals surface area contributed by atoms with E-state index in [2.05, 4.69) is 15.2 Å². The number of nitriles is 2. The van der Waals surface area contributed by atoms with Crippen molar-refractivity contribution in [1.82, 2.24) is 10.3 Å². The molecule has 11 heteroatoms. The Kier molecular flexibility index (Phi) is 5.58. The number of hydrogen-bond donors (Lipinski definition) is 1. The molecule has 3 aromatic rings. The molecular weight excluding hydrogens is 382 g/mol. The molecule has 0 atom stereocenters. The first-order valence-electron chi connectivity index (χ1n) is 7.98. The average Bonchev–Trinajstić information content (AvgIpc) is 3.37. The van der Waals surface area contributed by atoms with Crippen molar-refractivity contribution in [1.29, 1.82) is 10.5 Å². The molecule has 28 heavy (non-hydrogen) atoms. The van der Waals surface area contributed by atoms with E-state index in [-0.39, 0.29) is 39.2 Å². The SMILES string of the molecule is CC[n+]1cc(/N=C(/[O-])CSc2nc(N)c(C#N)c(-c3ccco3)c2C#N)on1. The molecule has 0 fully saturated rings. The van der Waals surface area contributed by atoms with Crippen LogP contribution >= 0.6 is 11.8 Å². The van der Waals surface area contributed by atoms with Crippen LogP contribution in [0.5, 0.6) is 0 Å². The van der Waals surface area contributed by atoms with E-state index in [4.69, 9.17) is 14.7 Å². The Morgan fingerprint density at radius 3 is 2.79 bits per heavy atom. The Morgan fingerprint density at radius 2 is 2.18 bits per heavy atom. The van der Waals surface area contributed by atoms with Gasteiger partial charge in [-0.3, -0.25) is 4.52 Å². The second-order valence-electron chi connectivity index (χ2n) is 5.32. The molecular formula is C17H13N7O3S. The lowest BCUT2D eigenvalue weighted by atomic mass is 10.0. The summed E-state index contributed by atoms with van der Waals surface area (Å²) < 4.78 is 11.7. The first kappa shape index (κ1) is 18.9. The molecule has 2 N–H and O–H groups in total. The minimum atomic E-state index is -0.502. The number of aryl methyl sites for hydroxylation is 1. The second kappa shape index (κ2) is 8.24. The second-order valence-corrected chi connectivity index (χ2v) is 6.28. The third kappa shape index (κ3) is 3.79. The maximum Gasteiger partial charge on any atom is 0.320 e. The number of nitrogens with two attached hydrogens (primary N) is 1. The lowest BCUT2D eigenvalue weighted by molar-refractivity contribution is -0.759. The van der Waals surface area contributed by atoms with Gasteiger partial charge in [0.15, 0.2) is 6.54 Å². The van der Waals surface area contributed by atoms with E-state index < -0.39 is 5.90 Å². The Morgan fingerprint density at radius 1 is 1.39 bits per heavy atom. The molecule has 0 spiro atoms. The largest absolute Gasteiger partial charge is 0.861 e. The summed E-state index contributed by atoms with van der Waals surface area (Å²) in [5.74, 6) is -0.281. The van der Waals surface area contributed by atoms with Crippen molar-refractivity contribution in [3.05, 3.63) is 35.7 Å². The third-order valence-electron chi connectivity index (χ3n) is 3.57. The fourth-order valence-electron chi connectivity index (χ4n) is 2.32. The van der Waals surface area contributed by atoms with Gasteiger partial charge in [0.2, 0.25) is 5.27 Å². The molecule has 0 saturated heterocycles. The Labute approximate surface area is 163 Å². The van der Waals surface area contributed by atoms with Crippen LogP contribution in [0.2, 0.25) is 0 Å². The summed E-state index contributed by atoms with van der Waals surface area (Å²) in [5, 5.41) is 35.0. The van der Waals surface area contributed by atoms with Gasteiger partial charge in [-0.05, 0) is 25.0 Å². The van der Waals surface area contributed by atoms with E-state index in [1.165, 1.54) is 17.1 Å². The molecule has 0 aliphatic heterocycles. The molecule has 0 aromatic carbocycles. The van der Waals surface area contributed by atoms with E-state index in [1.54, 1.807) is 12.1 Å². The van der Waals surface area contributed by atoms with Gasteiger partial charge in [-0.15, -0.1) is 0 Å². The monoisotopic (exact) mass is 395 g/mol. The molecule has 3 rings (SSSR count). The maximum atomic E-state index is 12.1. The highest BCUT2D eigenvalue weighted by atomic mass is 32.2. The summed E-state index contributed by atoms with van der Waals surface area (Å²) >= 11 is 0.979. The topological polar surface area (TPSA) is 165 Å². The number of rotatable bonds is 6. The number of aromatic nitrogens is 3. The van der Waals surface area contributed by atoms with Crippen LogP contribution in [0.15, 0.2) is 43.6 Å². The summed E-state index contributed by atoms with van der Waals surface area (Å²) in [6.07, 6.45) is 2.92. The molecule has 140 valence electrons. The third-order valence-corrected chi connectivity index (χ3v) is 4.53. The number of nitrogens with zero attached hydrogens (tertiary/aromatic N) is 6. The van der Waals surface area contributed by atoms with Crippen LogP contribution in [0.1, 0.15) is 18.1 Å². The quantitative estimate of drug-likeness (QED) is 0.279. The van der Waals surface area contributed by atoms with E-state index in [0.29, 0.717) is 12.3 Å². The van der Waals surface area contributed by atoms with Gasteiger partial charge in [0, 0.05) is 5.75 Å². The van der Waals surface area contributed by atoms with Gasteiger partial charge in [-0.2, -0.15) is 10.5 Å². The molecule has 0 saturated carbocycles. The molecule has 0 aliphatic carbocycles. The van der Waals surface area contributed by atoms with Crippen molar-refractivity contribution in [2.24, 2.45) is 4.99 Å². The van der Waals surface area contributed by atoms with E-state index >= 15 is 0 Å². The molecule has 0 amide bonds. The summed E-state index contributed by atoms with van der Waals surface area (Å²) in [5.41, 5.74) is 6.26. The van der Waals surface area contributed by atoms with E-state index in [0.717, 1.165) is 11.8 Å². The Balaban J connectivity index is 1.92. The predicted molar refractivity (Wildman–Crippen MR) is 96.0 cm³/mol. The number of furan rings is 1. The molecule has 0 radical (unpaired) electrons. The van der Waals surface area contributed by atoms with Gasteiger partial charge >= 0.3 is 5.88 Å². The van der Waals surface area contributed by atoms with Crippen LogP contribution in [0.3, 0.4) is 0 Å². The standard InChI is InChI=1S/C17H13N7O3S/c1-2-24-8-14(27-23-24)21-13(25)9-28-17-11(7-19)15(12-4-3-5-26-12)10(6-18)16(20)22-17/h3-5,8H,2,9H2,1H3,(H2-,20,21,22,23,25). The van der Waals surface area contributed by atoms with Crippen LogP contribution in [0.25, 0.3) is 11.3 Å². The Bertz CT molecular complexity index is 1110. The number of thioether (sulfide) groups is 1. The molecule has 3 heterocycles. The van der Waals surface area contributed by atoms with Gasteiger partial charge in [-0.1, -0.05) is 16.4 Å². The normalized spacial score (nSPS) is 11.2. The summed E-state index contributed by atoms with van der Waals surface area (Å²) in [6.45, 7) is 2.45. The zero-order valence-corrected chi connectivity index (χ0v) is 15.4. The lowest BCUT2D eigenvalue weighted by Gasteiger charge is -2.12. The Hall–Kier alpha value is -3.83. The zero-order chi connectivity index (χ0) is 20.1. The summed E-state index contributed by atoms with van der Waals surface area (Å²) in [6, 6.07) is 7.20. The highest BCUT2D eigenvalue weighted by Crippen LogP contribution is 2.35. The summed E-state index contributed by atoms with van der Waals surface area (Å²) in [4.78, 5) is 7.91. The van der Waals surface area contributed by atoms with Gasteiger partial charge in [0.1, 0.15) is 34.3 Å². The van der Waals surface area contributed by atoms with Crippen molar-refractivity contribution >= 4 is 29.4 Å². The minimum absolute atomic E-state index is 0.0395. The van der Waals surface area contributed by atoms with Gasteiger partial charge in [0.25, 0.3) is 6.20 Å². The number of nitrogen functional groups attached to an aromatic ring is 1. The predicted octanol–water partition coefficient (Wildman–Crippen LogP) is 1.15. The highest BCUT2D eigenvalue weighted by Gasteiger charge is 2.22. The molecule has 0 aliphatic rings. The van der Waals surface area contributed by atoms with Gasteiger partial charge < -0.3 is 15.3 Å². The van der Waals surface area contributed by atoms with Crippen molar-refractivity contribution in [2.75, 3.05) is 11.5 Å². The van der Waals surface area contributed by atoms with E-state index in [9.17, 15) is 15.6 Å². The van der Waals surface area contributed by atoms with Crippen LogP contribution in [0, 0.1) is 22.7 Å². The van der Waals surface area contributed by atoms with Crippen molar-refractivity contribution in [3.63, 3.8) is 0 Å². The van der Waals surface area contributed by atoms with Crippen LogP contribution < -0.4 is 15.5 Å².